The Kier molecular flexibility index (Phi) is 5.74. The van der Waals surface area contributed by atoms with Crippen molar-refractivity contribution >= 4 is 18.3 Å². The zero-order chi connectivity index (χ0) is 11.5. The molecular weight excluding hydrogens is 236 g/mol. The number of halogens is 1. The lowest BCUT2D eigenvalue weighted by molar-refractivity contribution is -0.122. The summed E-state index contributed by atoms with van der Waals surface area (Å²) in [5.41, 5.74) is 5.97. The highest BCUT2D eigenvalue weighted by Crippen LogP contribution is 2.35. The van der Waals surface area contributed by atoms with Crippen LogP contribution in [-0.2, 0) is 4.79 Å². The summed E-state index contributed by atoms with van der Waals surface area (Å²) >= 11 is 0. The molecule has 2 rings (SSSR count). The van der Waals surface area contributed by atoms with Crippen molar-refractivity contribution in [1.82, 2.24) is 5.32 Å². The van der Waals surface area contributed by atoms with Crippen molar-refractivity contribution in [2.75, 3.05) is 0 Å². The van der Waals surface area contributed by atoms with Crippen molar-refractivity contribution in [3.63, 3.8) is 0 Å². The topological polar surface area (TPSA) is 55.1 Å². The first-order valence-corrected chi connectivity index (χ1v) is 6.75. The van der Waals surface area contributed by atoms with Gasteiger partial charge in [-0.3, -0.25) is 4.79 Å². The molecule has 0 aromatic rings. The summed E-state index contributed by atoms with van der Waals surface area (Å²) in [6.45, 7) is 2.20. The number of nitrogens with one attached hydrogen (secondary N) is 1. The van der Waals surface area contributed by atoms with E-state index in [2.05, 4.69) is 12.2 Å². The van der Waals surface area contributed by atoms with Gasteiger partial charge in [-0.05, 0) is 37.5 Å². The lowest BCUT2D eigenvalue weighted by Crippen LogP contribution is -2.33. The summed E-state index contributed by atoms with van der Waals surface area (Å²) < 4.78 is 0. The lowest BCUT2D eigenvalue weighted by Gasteiger charge is -2.14. The van der Waals surface area contributed by atoms with Crippen molar-refractivity contribution in [3.8, 4) is 0 Å². The molecule has 0 saturated heterocycles. The van der Waals surface area contributed by atoms with E-state index in [9.17, 15) is 4.79 Å². The highest BCUT2D eigenvalue weighted by Gasteiger charge is 2.37. The Morgan fingerprint density at radius 2 is 2.12 bits per heavy atom. The number of carbonyl (C=O) groups is 1. The first-order valence-electron chi connectivity index (χ1n) is 6.75. The number of hydrogen-bond acceptors (Lipinski definition) is 2. The van der Waals surface area contributed by atoms with E-state index in [-0.39, 0.29) is 24.4 Å². The molecule has 0 aromatic heterocycles. The van der Waals surface area contributed by atoms with Crippen LogP contribution in [-0.4, -0.2) is 18.0 Å². The van der Waals surface area contributed by atoms with Crippen LogP contribution in [0.25, 0.3) is 0 Å². The fourth-order valence-corrected chi connectivity index (χ4v) is 2.94. The molecule has 4 heteroatoms. The third-order valence-corrected chi connectivity index (χ3v) is 4.09. The van der Waals surface area contributed by atoms with Gasteiger partial charge in [-0.15, -0.1) is 12.4 Å². The number of rotatable bonds is 5. The minimum absolute atomic E-state index is 0. The molecule has 2 fully saturated rings. The minimum Gasteiger partial charge on any atom is -0.353 e. The number of hydrogen-bond donors (Lipinski definition) is 2. The molecule has 4 atom stereocenters. The molecule has 0 spiro atoms. The van der Waals surface area contributed by atoms with Crippen molar-refractivity contribution in [3.05, 3.63) is 0 Å². The molecule has 0 radical (unpaired) electrons. The van der Waals surface area contributed by atoms with Crippen LogP contribution < -0.4 is 11.1 Å². The van der Waals surface area contributed by atoms with E-state index >= 15 is 0 Å². The molecule has 0 aliphatic heterocycles. The third kappa shape index (κ3) is 4.14. The predicted molar refractivity (Wildman–Crippen MR) is 72.1 cm³/mol. The van der Waals surface area contributed by atoms with Gasteiger partial charge in [-0.25, -0.2) is 0 Å². The Morgan fingerprint density at radius 3 is 2.71 bits per heavy atom. The van der Waals surface area contributed by atoms with Crippen LogP contribution in [0.15, 0.2) is 0 Å². The summed E-state index contributed by atoms with van der Waals surface area (Å²) in [6.07, 6.45) is 7.75. The Balaban J connectivity index is 0.00000144. The maximum atomic E-state index is 11.8. The van der Waals surface area contributed by atoms with E-state index in [0.29, 0.717) is 18.4 Å². The Hall–Kier alpha value is -0.280. The summed E-state index contributed by atoms with van der Waals surface area (Å²) in [4.78, 5) is 11.8. The minimum atomic E-state index is 0. The van der Waals surface area contributed by atoms with Gasteiger partial charge < -0.3 is 11.1 Å². The van der Waals surface area contributed by atoms with E-state index in [1.807, 2.05) is 0 Å². The molecule has 3 N–H and O–H groups in total. The Morgan fingerprint density at radius 1 is 1.35 bits per heavy atom. The van der Waals surface area contributed by atoms with E-state index < -0.39 is 0 Å². The van der Waals surface area contributed by atoms with Crippen LogP contribution in [0.2, 0.25) is 0 Å². The van der Waals surface area contributed by atoms with E-state index in [0.717, 1.165) is 18.8 Å². The maximum Gasteiger partial charge on any atom is 0.220 e. The van der Waals surface area contributed by atoms with Gasteiger partial charge in [0.25, 0.3) is 0 Å². The fourth-order valence-electron chi connectivity index (χ4n) is 2.94. The van der Waals surface area contributed by atoms with Gasteiger partial charge in [0.15, 0.2) is 0 Å². The van der Waals surface area contributed by atoms with Gasteiger partial charge in [-0.2, -0.15) is 0 Å². The van der Waals surface area contributed by atoms with Gasteiger partial charge in [0.05, 0.1) is 0 Å². The van der Waals surface area contributed by atoms with Gasteiger partial charge >= 0.3 is 0 Å². The molecule has 3 nitrogen and oxygen atoms in total. The highest BCUT2D eigenvalue weighted by molar-refractivity contribution is 5.85. The molecule has 2 aliphatic carbocycles. The van der Waals surface area contributed by atoms with Gasteiger partial charge in [0, 0.05) is 18.5 Å². The lowest BCUT2D eigenvalue weighted by atomic mass is 10.00. The van der Waals surface area contributed by atoms with E-state index in [1.165, 1.54) is 25.7 Å². The van der Waals surface area contributed by atoms with Crippen LogP contribution in [0.5, 0.6) is 0 Å². The number of amides is 1. The normalized spacial score (nSPS) is 35.2. The van der Waals surface area contributed by atoms with Crippen LogP contribution in [0.3, 0.4) is 0 Å². The Labute approximate surface area is 110 Å². The average Bonchev–Trinajstić information content (AvgIpc) is 2.82. The first kappa shape index (κ1) is 14.8. The maximum absolute atomic E-state index is 11.8. The summed E-state index contributed by atoms with van der Waals surface area (Å²) in [6, 6.07) is 0.737. The van der Waals surface area contributed by atoms with Crippen LogP contribution >= 0.6 is 12.4 Å². The summed E-state index contributed by atoms with van der Waals surface area (Å²) in [5.74, 6) is 1.42. The van der Waals surface area contributed by atoms with Crippen LogP contribution in [0.1, 0.15) is 51.9 Å². The summed E-state index contributed by atoms with van der Waals surface area (Å²) in [7, 11) is 0. The molecule has 1 amide bonds. The third-order valence-electron chi connectivity index (χ3n) is 4.09. The van der Waals surface area contributed by atoms with E-state index in [4.69, 9.17) is 5.73 Å². The second-order valence-corrected chi connectivity index (χ2v) is 5.52. The number of carbonyl (C=O) groups excluding carboxylic acids is 1. The second-order valence-electron chi connectivity index (χ2n) is 5.52. The molecule has 2 unspecified atom stereocenters. The first-order chi connectivity index (χ1) is 7.70. The quantitative estimate of drug-likeness (QED) is 0.797. The Bertz CT molecular complexity index is 260. The van der Waals surface area contributed by atoms with Crippen LogP contribution in [0.4, 0.5) is 0 Å². The molecule has 0 bridgehead atoms. The average molecular weight is 261 g/mol. The fraction of sp³-hybridized carbons (Fsp3) is 0.923. The zero-order valence-electron chi connectivity index (χ0n) is 10.7. The van der Waals surface area contributed by atoms with Gasteiger partial charge in [-0.1, -0.05) is 19.8 Å². The standard InChI is InChI=1S/C13H24N2O.ClH/c1-2-4-10-7-12(10)15-13(16)8-9-5-3-6-11(9)14;/h9-12H,2-8,14H2,1H3,(H,15,16);1H/t9-,10?,11+,12?;/m0./s1. The largest absolute Gasteiger partial charge is 0.353 e. The van der Waals surface area contributed by atoms with Gasteiger partial charge in [0.1, 0.15) is 0 Å². The van der Waals surface area contributed by atoms with Crippen molar-refractivity contribution < 1.29 is 4.79 Å². The second kappa shape index (κ2) is 6.60. The monoisotopic (exact) mass is 260 g/mol. The number of nitrogens with two attached hydrogens (primary N) is 1. The molecule has 0 aromatic carbocycles. The molecule has 0 heterocycles. The molecule has 2 saturated carbocycles. The summed E-state index contributed by atoms with van der Waals surface area (Å²) in [5, 5.41) is 3.14. The molecule has 100 valence electrons. The smallest absolute Gasteiger partial charge is 0.220 e. The van der Waals surface area contributed by atoms with E-state index in [1.54, 1.807) is 0 Å². The van der Waals surface area contributed by atoms with Crippen molar-refractivity contribution in [1.29, 1.82) is 0 Å². The predicted octanol–water partition coefficient (Wildman–Crippen LogP) is 2.23. The van der Waals surface area contributed by atoms with Crippen LogP contribution in [0, 0.1) is 11.8 Å². The SMILES string of the molecule is CCCC1CC1NC(=O)C[C@@H]1CCC[C@H]1N.Cl. The van der Waals surface area contributed by atoms with Gasteiger partial charge in [0.2, 0.25) is 5.91 Å². The zero-order valence-corrected chi connectivity index (χ0v) is 11.5. The van der Waals surface area contributed by atoms with Crippen molar-refractivity contribution in [2.45, 2.75) is 64.0 Å². The highest BCUT2D eigenvalue weighted by atomic mass is 35.5. The molecular formula is C13H25ClN2O. The molecule has 17 heavy (non-hydrogen) atoms. The molecule has 2 aliphatic rings. The van der Waals surface area contributed by atoms with Crippen molar-refractivity contribution in [2.24, 2.45) is 17.6 Å².